The van der Waals surface area contributed by atoms with Crippen LogP contribution in [0.1, 0.15) is 37.5 Å². The second kappa shape index (κ2) is 7.76. The van der Waals surface area contributed by atoms with E-state index >= 15 is 0 Å². The number of halogens is 1. The summed E-state index contributed by atoms with van der Waals surface area (Å²) in [6, 6.07) is 13.6. The maximum atomic E-state index is 11.5. The van der Waals surface area contributed by atoms with E-state index in [4.69, 9.17) is 16.7 Å². The van der Waals surface area contributed by atoms with Gasteiger partial charge in [-0.3, -0.25) is 4.79 Å². The van der Waals surface area contributed by atoms with E-state index in [0.717, 1.165) is 11.1 Å². The lowest BCUT2D eigenvalue weighted by Gasteiger charge is -2.19. The van der Waals surface area contributed by atoms with Crippen LogP contribution in [-0.2, 0) is 21.5 Å². The number of aliphatic hydroxyl groups is 1. The van der Waals surface area contributed by atoms with Crippen molar-refractivity contribution in [1.29, 1.82) is 0 Å². The number of carboxylic acid groups (broad SMARTS) is 1. The maximum absolute atomic E-state index is 11.5. The van der Waals surface area contributed by atoms with Gasteiger partial charge in [0.05, 0.1) is 0 Å². The van der Waals surface area contributed by atoms with Crippen LogP contribution in [0, 0.1) is 0 Å². The number of fused-ring (bicyclic) bond motifs is 1. The van der Waals surface area contributed by atoms with Crippen molar-refractivity contribution in [2.75, 3.05) is 0 Å². The summed E-state index contributed by atoms with van der Waals surface area (Å²) in [5.41, 5.74) is 3.53. The van der Waals surface area contributed by atoms with Crippen LogP contribution in [0.3, 0.4) is 0 Å². The van der Waals surface area contributed by atoms with Crippen molar-refractivity contribution in [2.24, 2.45) is 0 Å². The molecule has 0 atom stereocenters. The molecule has 0 unspecified atom stereocenters. The van der Waals surface area contributed by atoms with Gasteiger partial charge in [-0.25, -0.2) is 4.79 Å². The fraction of sp³-hybridized carbons (Fsp3) is 0.217. The first-order chi connectivity index (χ1) is 13.6. The summed E-state index contributed by atoms with van der Waals surface area (Å²) in [4.78, 5) is 22.3. The Kier molecular flexibility index (Phi) is 5.53. The van der Waals surface area contributed by atoms with Crippen molar-refractivity contribution in [3.63, 3.8) is 0 Å². The molecule has 1 aromatic heterocycles. The summed E-state index contributed by atoms with van der Waals surface area (Å²) in [5, 5.41) is 20.2. The zero-order valence-electron chi connectivity index (χ0n) is 16.4. The highest BCUT2D eigenvalue weighted by Gasteiger charge is 2.17. The summed E-state index contributed by atoms with van der Waals surface area (Å²) in [6.45, 7) is 7.02. The quantitative estimate of drug-likeness (QED) is 0.344. The number of aliphatic hydroxyl groups excluding tert-OH is 1. The SMILES string of the molecule is CC(C)(C)c1ccc(Cn2cc(/C(O)=C/C(=O)C(=O)O)c3cc(Cl)ccc32)cc1. The number of carbonyl (C=O) groups excluding carboxylic acids is 1. The van der Waals surface area contributed by atoms with Gasteiger partial charge < -0.3 is 14.8 Å². The molecular formula is C23H22ClNO4. The summed E-state index contributed by atoms with van der Waals surface area (Å²) >= 11 is 6.11. The second-order valence-electron chi connectivity index (χ2n) is 7.98. The zero-order valence-corrected chi connectivity index (χ0v) is 17.2. The van der Waals surface area contributed by atoms with E-state index < -0.39 is 17.5 Å². The normalized spacial score (nSPS) is 12.3. The third-order valence-corrected chi connectivity index (χ3v) is 5.01. The topological polar surface area (TPSA) is 79.5 Å². The summed E-state index contributed by atoms with van der Waals surface area (Å²) in [6.07, 6.45) is 2.40. The van der Waals surface area contributed by atoms with Gasteiger partial charge in [-0.2, -0.15) is 0 Å². The molecule has 0 aliphatic rings. The van der Waals surface area contributed by atoms with Crippen molar-refractivity contribution in [3.05, 3.63) is 76.5 Å². The van der Waals surface area contributed by atoms with Gasteiger partial charge in [-0.1, -0.05) is 56.6 Å². The number of nitrogens with zero attached hydrogens (tertiary/aromatic N) is 1. The van der Waals surface area contributed by atoms with E-state index in [0.29, 0.717) is 28.6 Å². The van der Waals surface area contributed by atoms with Crippen LogP contribution in [-0.4, -0.2) is 26.5 Å². The molecular weight excluding hydrogens is 390 g/mol. The summed E-state index contributed by atoms with van der Waals surface area (Å²) in [5.74, 6) is -3.23. The first-order valence-corrected chi connectivity index (χ1v) is 9.50. The molecule has 2 N–H and O–H groups in total. The Bertz CT molecular complexity index is 1120. The van der Waals surface area contributed by atoms with Gasteiger partial charge in [0, 0.05) is 40.3 Å². The molecule has 0 aliphatic carbocycles. The highest BCUT2D eigenvalue weighted by Crippen LogP contribution is 2.30. The number of rotatable bonds is 5. The summed E-state index contributed by atoms with van der Waals surface area (Å²) < 4.78 is 1.93. The highest BCUT2D eigenvalue weighted by atomic mass is 35.5. The Balaban J connectivity index is 2.03. The number of carboxylic acids is 1. The minimum Gasteiger partial charge on any atom is -0.507 e. The van der Waals surface area contributed by atoms with Crippen molar-refractivity contribution in [1.82, 2.24) is 4.57 Å². The Morgan fingerprint density at radius 1 is 1.07 bits per heavy atom. The van der Waals surface area contributed by atoms with Crippen LogP contribution in [0.4, 0.5) is 0 Å². The lowest BCUT2D eigenvalue weighted by Crippen LogP contribution is -2.11. The average Bonchev–Trinajstić information content (AvgIpc) is 2.99. The van der Waals surface area contributed by atoms with Crippen molar-refractivity contribution in [3.8, 4) is 0 Å². The Labute approximate surface area is 173 Å². The number of benzene rings is 2. The standard InChI is InChI=1S/C23H22ClNO4/c1-23(2,3)15-6-4-14(5-7-15)12-25-13-18(20(26)11-21(27)22(28)29)17-10-16(24)8-9-19(17)25/h4-11,13,26H,12H2,1-3H3,(H,28,29)/b20-11-. The Morgan fingerprint density at radius 3 is 2.31 bits per heavy atom. The molecule has 0 aliphatic heterocycles. The van der Waals surface area contributed by atoms with Gasteiger partial charge in [-0.15, -0.1) is 0 Å². The van der Waals surface area contributed by atoms with E-state index in [9.17, 15) is 14.7 Å². The first-order valence-electron chi connectivity index (χ1n) is 9.12. The van der Waals surface area contributed by atoms with Crippen LogP contribution in [0.5, 0.6) is 0 Å². The van der Waals surface area contributed by atoms with Gasteiger partial charge >= 0.3 is 5.97 Å². The number of hydrogen-bond acceptors (Lipinski definition) is 3. The second-order valence-corrected chi connectivity index (χ2v) is 8.41. The molecule has 3 rings (SSSR count). The molecule has 3 aromatic rings. The molecule has 0 saturated carbocycles. The van der Waals surface area contributed by atoms with Crippen LogP contribution in [0.15, 0.2) is 54.7 Å². The largest absolute Gasteiger partial charge is 0.507 e. The molecule has 0 radical (unpaired) electrons. The fourth-order valence-corrected chi connectivity index (χ4v) is 3.35. The fourth-order valence-electron chi connectivity index (χ4n) is 3.17. The Morgan fingerprint density at radius 2 is 1.72 bits per heavy atom. The zero-order chi connectivity index (χ0) is 21.3. The molecule has 2 aromatic carbocycles. The number of aliphatic carboxylic acids is 1. The molecule has 0 spiro atoms. The molecule has 29 heavy (non-hydrogen) atoms. The first kappa shape index (κ1) is 20.7. The van der Waals surface area contributed by atoms with Gasteiger partial charge in [0.25, 0.3) is 5.78 Å². The van der Waals surface area contributed by atoms with E-state index in [1.54, 1.807) is 18.3 Å². The van der Waals surface area contributed by atoms with Crippen LogP contribution < -0.4 is 0 Å². The van der Waals surface area contributed by atoms with Gasteiger partial charge in [0.15, 0.2) is 0 Å². The molecule has 6 heteroatoms. The molecule has 1 heterocycles. The smallest absolute Gasteiger partial charge is 0.376 e. The minimum absolute atomic E-state index is 0.0653. The van der Waals surface area contributed by atoms with E-state index in [2.05, 4.69) is 45.0 Å². The predicted molar refractivity (Wildman–Crippen MR) is 114 cm³/mol. The monoisotopic (exact) mass is 411 g/mol. The summed E-state index contributed by atoms with van der Waals surface area (Å²) in [7, 11) is 0. The predicted octanol–water partition coefficient (Wildman–Crippen LogP) is 5.19. The Hall–Kier alpha value is -3.05. The van der Waals surface area contributed by atoms with Crippen molar-refractivity contribution >= 4 is 40.0 Å². The van der Waals surface area contributed by atoms with Gasteiger partial charge in [0.2, 0.25) is 0 Å². The third-order valence-electron chi connectivity index (χ3n) is 4.77. The van der Waals surface area contributed by atoms with Gasteiger partial charge in [-0.05, 0) is 34.7 Å². The molecule has 0 saturated heterocycles. The van der Waals surface area contributed by atoms with E-state index in [-0.39, 0.29) is 5.41 Å². The lowest BCUT2D eigenvalue weighted by atomic mass is 9.87. The van der Waals surface area contributed by atoms with E-state index in [1.165, 1.54) is 5.56 Å². The van der Waals surface area contributed by atoms with Crippen LogP contribution >= 0.6 is 11.6 Å². The average molecular weight is 412 g/mol. The van der Waals surface area contributed by atoms with Crippen molar-refractivity contribution in [2.45, 2.75) is 32.7 Å². The highest BCUT2D eigenvalue weighted by molar-refractivity contribution is 6.38. The van der Waals surface area contributed by atoms with Crippen LogP contribution in [0.25, 0.3) is 16.7 Å². The molecule has 5 nitrogen and oxygen atoms in total. The number of ketones is 1. The molecule has 0 bridgehead atoms. The molecule has 0 fully saturated rings. The van der Waals surface area contributed by atoms with E-state index in [1.807, 2.05) is 10.6 Å². The third kappa shape index (κ3) is 4.51. The lowest BCUT2D eigenvalue weighted by molar-refractivity contribution is -0.146. The molecule has 150 valence electrons. The van der Waals surface area contributed by atoms with Gasteiger partial charge in [0.1, 0.15) is 5.76 Å². The number of carbonyl (C=O) groups is 2. The van der Waals surface area contributed by atoms with Crippen LogP contribution in [0.2, 0.25) is 5.02 Å². The number of hydrogen-bond donors (Lipinski definition) is 2. The van der Waals surface area contributed by atoms with Crippen molar-refractivity contribution < 1.29 is 19.8 Å². The number of aromatic nitrogens is 1. The minimum atomic E-state index is -1.63. The molecule has 0 amide bonds. The maximum Gasteiger partial charge on any atom is 0.376 e.